The van der Waals surface area contributed by atoms with Gasteiger partial charge in [-0.1, -0.05) is 0 Å². The predicted octanol–water partition coefficient (Wildman–Crippen LogP) is 2.46. The number of rotatable bonds is 2. The lowest BCUT2D eigenvalue weighted by molar-refractivity contribution is 0.826. The SMILES string of the molecule is CCNc1ncc2c(n1)-c1ccncc1CCC2. The molecule has 2 heterocycles. The van der Waals surface area contributed by atoms with Gasteiger partial charge in [-0.2, -0.15) is 0 Å². The number of aryl methyl sites for hydroxylation is 2. The highest BCUT2D eigenvalue weighted by Gasteiger charge is 2.16. The Kier molecular flexibility index (Phi) is 2.92. The molecule has 2 aromatic heterocycles. The molecule has 0 saturated carbocycles. The van der Waals surface area contributed by atoms with E-state index in [-0.39, 0.29) is 0 Å². The molecule has 0 aromatic carbocycles. The van der Waals surface area contributed by atoms with Gasteiger partial charge in [-0.25, -0.2) is 9.97 Å². The van der Waals surface area contributed by atoms with Gasteiger partial charge in [0.25, 0.3) is 0 Å². The summed E-state index contributed by atoms with van der Waals surface area (Å²) < 4.78 is 0. The first kappa shape index (κ1) is 11.1. The number of hydrogen-bond acceptors (Lipinski definition) is 4. The zero-order chi connectivity index (χ0) is 12.4. The van der Waals surface area contributed by atoms with Gasteiger partial charge in [0, 0.05) is 30.7 Å². The zero-order valence-electron chi connectivity index (χ0n) is 10.5. The van der Waals surface area contributed by atoms with Crippen LogP contribution in [0.4, 0.5) is 5.95 Å². The molecule has 0 atom stereocenters. The predicted molar refractivity (Wildman–Crippen MR) is 71.5 cm³/mol. The van der Waals surface area contributed by atoms with Gasteiger partial charge in [-0.05, 0) is 43.4 Å². The van der Waals surface area contributed by atoms with Gasteiger partial charge in [0.2, 0.25) is 5.95 Å². The molecule has 0 bridgehead atoms. The van der Waals surface area contributed by atoms with E-state index in [2.05, 4.69) is 26.3 Å². The van der Waals surface area contributed by atoms with Crippen LogP contribution in [0, 0.1) is 0 Å². The third-order valence-electron chi connectivity index (χ3n) is 3.25. The standard InChI is InChI=1S/C14H16N4/c1-2-16-14-17-9-11-5-3-4-10-8-15-7-6-12(10)13(11)18-14/h6-9H,2-5H2,1H3,(H,16,17,18). The van der Waals surface area contributed by atoms with Crippen LogP contribution in [0.15, 0.2) is 24.7 Å². The van der Waals surface area contributed by atoms with E-state index >= 15 is 0 Å². The second-order valence-electron chi connectivity index (χ2n) is 4.48. The van der Waals surface area contributed by atoms with E-state index in [9.17, 15) is 0 Å². The summed E-state index contributed by atoms with van der Waals surface area (Å²) in [6, 6.07) is 2.06. The Morgan fingerprint density at radius 2 is 2.11 bits per heavy atom. The lowest BCUT2D eigenvalue weighted by Crippen LogP contribution is -2.04. The summed E-state index contributed by atoms with van der Waals surface area (Å²) in [5, 5.41) is 3.17. The summed E-state index contributed by atoms with van der Waals surface area (Å²) in [4.78, 5) is 13.2. The Morgan fingerprint density at radius 1 is 1.22 bits per heavy atom. The minimum Gasteiger partial charge on any atom is -0.354 e. The third-order valence-corrected chi connectivity index (χ3v) is 3.25. The smallest absolute Gasteiger partial charge is 0.223 e. The van der Waals surface area contributed by atoms with Crippen LogP contribution in [0.25, 0.3) is 11.3 Å². The maximum atomic E-state index is 4.65. The minimum absolute atomic E-state index is 0.709. The van der Waals surface area contributed by atoms with Gasteiger partial charge in [-0.3, -0.25) is 4.98 Å². The average molecular weight is 240 g/mol. The molecule has 92 valence electrons. The van der Waals surface area contributed by atoms with Crippen molar-refractivity contribution >= 4 is 5.95 Å². The number of pyridine rings is 1. The molecule has 18 heavy (non-hydrogen) atoms. The molecule has 0 aliphatic heterocycles. The fraction of sp³-hybridized carbons (Fsp3) is 0.357. The van der Waals surface area contributed by atoms with Gasteiger partial charge >= 0.3 is 0 Å². The molecule has 0 fully saturated rings. The van der Waals surface area contributed by atoms with Crippen molar-refractivity contribution in [3.8, 4) is 11.3 Å². The van der Waals surface area contributed by atoms with Crippen LogP contribution in [0.3, 0.4) is 0 Å². The van der Waals surface area contributed by atoms with Crippen molar-refractivity contribution in [3.63, 3.8) is 0 Å². The number of hydrogen-bond donors (Lipinski definition) is 1. The molecular weight excluding hydrogens is 224 g/mol. The second kappa shape index (κ2) is 4.72. The summed E-state index contributed by atoms with van der Waals surface area (Å²) in [5.74, 6) is 0.709. The van der Waals surface area contributed by atoms with E-state index in [0.717, 1.165) is 31.5 Å². The molecule has 0 spiro atoms. The van der Waals surface area contributed by atoms with E-state index < -0.39 is 0 Å². The lowest BCUT2D eigenvalue weighted by atomic mass is 10.1. The van der Waals surface area contributed by atoms with Crippen LogP contribution in [-0.4, -0.2) is 21.5 Å². The zero-order valence-corrected chi connectivity index (χ0v) is 10.5. The molecule has 0 unspecified atom stereocenters. The van der Waals surface area contributed by atoms with E-state index in [0.29, 0.717) is 5.95 Å². The monoisotopic (exact) mass is 240 g/mol. The average Bonchev–Trinajstić information content (AvgIpc) is 2.58. The van der Waals surface area contributed by atoms with Crippen molar-refractivity contribution in [2.24, 2.45) is 0 Å². The van der Waals surface area contributed by atoms with E-state index in [1.165, 1.54) is 16.7 Å². The highest BCUT2D eigenvalue weighted by molar-refractivity contribution is 5.68. The molecule has 3 rings (SSSR count). The van der Waals surface area contributed by atoms with Crippen molar-refractivity contribution in [3.05, 3.63) is 35.8 Å². The van der Waals surface area contributed by atoms with E-state index in [1.54, 1.807) is 0 Å². The minimum atomic E-state index is 0.709. The fourth-order valence-corrected chi connectivity index (χ4v) is 2.39. The van der Waals surface area contributed by atoms with Gasteiger partial charge in [0.05, 0.1) is 5.69 Å². The lowest BCUT2D eigenvalue weighted by Gasteiger charge is -2.09. The number of anilines is 1. The van der Waals surface area contributed by atoms with E-state index in [1.807, 2.05) is 25.5 Å². The maximum absolute atomic E-state index is 4.65. The van der Waals surface area contributed by atoms with Crippen LogP contribution >= 0.6 is 0 Å². The van der Waals surface area contributed by atoms with Gasteiger partial charge < -0.3 is 5.32 Å². The van der Waals surface area contributed by atoms with Crippen LogP contribution in [-0.2, 0) is 12.8 Å². The summed E-state index contributed by atoms with van der Waals surface area (Å²) >= 11 is 0. The quantitative estimate of drug-likeness (QED) is 0.876. The summed E-state index contributed by atoms with van der Waals surface area (Å²) in [5.41, 5.74) is 4.80. The molecule has 0 amide bonds. The Morgan fingerprint density at radius 3 is 3.00 bits per heavy atom. The molecule has 1 aliphatic rings. The fourth-order valence-electron chi connectivity index (χ4n) is 2.39. The Balaban J connectivity index is 2.14. The van der Waals surface area contributed by atoms with Gasteiger partial charge in [0.15, 0.2) is 0 Å². The second-order valence-corrected chi connectivity index (χ2v) is 4.48. The van der Waals surface area contributed by atoms with E-state index in [4.69, 9.17) is 0 Å². The molecule has 2 aromatic rings. The molecule has 1 N–H and O–H groups in total. The highest BCUT2D eigenvalue weighted by atomic mass is 15.1. The van der Waals surface area contributed by atoms with Crippen LogP contribution in [0.5, 0.6) is 0 Å². The van der Waals surface area contributed by atoms with Crippen molar-refractivity contribution < 1.29 is 0 Å². The third kappa shape index (κ3) is 1.94. The van der Waals surface area contributed by atoms with Crippen molar-refractivity contribution in [2.45, 2.75) is 26.2 Å². The summed E-state index contributed by atoms with van der Waals surface area (Å²) in [7, 11) is 0. The largest absolute Gasteiger partial charge is 0.354 e. The molecular formula is C14H16N4. The van der Waals surface area contributed by atoms with Crippen LogP contribution < -0.4 is 5.32 Å². The number of fused-ring (bicyclic) bond motifs is 3. The first-order valence-electron chi connectivity index (χ1n) is 6.41. The highest BCUT2D eigenvalue weighted by Crippen LogP contribution is 2.30. The first-order chi connectivity index (χ1) is 8.88. The van der Waals surface area contributed by atoms with Gasteiger partial charge in [-0.15, -0.1) is 0 Å². The molecule has 4 heteroatoms. The number of nitrogens with one attached hydrogen (secondary N) is 1. The van der Waals surface area contributed by atoms with Crippen molar-refractivity contribution in [2.75, 3.05) is 11.9 Å². The summed E-state index contributed by atoms with van der Waals surface area (Å²) in [6.07, 6.45) is 8.99. The molecule has 1 aliphatic carbocycles. The normalized spacial score (nSPS) is 13.4. The molecule has 4 nitrogen and oxygen atoms in total. The topological polar surface area (TPSA) is 50.7 Å². The Bertz CT molecular complexity index is 565. The maximum Gasteiger partial charge on any atom is 0.223 e. The Hall–Kier alpha value is -1.97. The van der Waals surface area contributed by atoms with Gasteiger partial charge in [0.1, 0.15) is 0 Å². The summed E-state index contributed by atoms with van der Waals surface area (Å²) in [6.45, 7) is 2.88. The number of nitrogens with zero attached hydrogens (tertiary/aromatic N) is 3. The van der Waals surface area contributed by atoms with Crippen LogP contribution in [0.2, 0.25) is 0 Å². The molecule has 0 saturated heterocycles. The first-order valence-corrected chi connectivity index (χ1v) is 6.41. The van der Waals surface area contributed by atoms with Crippen molar-refractivity contribution in [1.82, 2.24) is 15.0 Å². The van der Waals surface area contributed by atoms with Crippen LogP contribution in [0.1, 0.15) is 24.5 Å². The Labute approximate surface area is 107 Å². The van der Waals surface area contributed by atoms with Crippen molar-refractivity contribution in [1.29, 1.82) is 0 Å². The number of aromatic nitrogens is 3. The molecule has 0 radical (unpaired) electrons.